The second kappa shape index (κ2) is 13.5. The molecule has 0 atom stereocenters. The first-order valence-corrected chi connectivity index (χ1v) is 4.22. The van der Waals surface area contributed by atoms with E-state index >= 15 is 0 Å². The topological polar surface area (TPSA) is 92.3 Å². The Hall–Kier alpha value is 2.45. The molecule has 0 saturated carbocycles. The Kier molecular flexibility index (Phi) is 21.0. The van der Waals surface area contributed by atoms with Crippen LogP contribution >= 0.6 is 24.0 Å². The molecule has 0 rings (SSSR count). The number of carboxylic acids is 2. The normalized spacial score (nSPS) is 7.71. The van der Waals surface area contributed by atoms with Gasteiger partial charge in [0.25, 0.3) is 0 Å². The smallest absolute Gasteiger partial charge is 0.549 e. The van der Waals surface area contributed by atoms with Crippen LogP contribution in [0.2, 0.25) is 0 Å². The minimum Gasteiger partial charge on any atom is -0.549 e. The van der Waals surface area contributed by atoms with Crippen LogP contribution in [0.1, 0.15) is 0 Å². The maximum absolute atomic E-state index is 9.89. The number of nitrogens with one attached hydrogen (secondary N) is 1. The molecule has 0 unspecified atom stereocenters. The van der Waals surface area contributed by atoms with Crippen molar-refractivity contribution in [3.8, 4) is 0 Å². The fourth-order valence-electron chi connectivity index (χ4n) is 0.320. The number of rotatable bonds is 4. The van der Waals surface area contributed by atoms with Gasteiger partial charge >= 0.3 is 103 Å². The van der Waals surface area contributed by atoms with Crippen LogP contribution in [0.25, 0.3) is 0 Å². The summed E-state index contributed by atoms with van der Waals surface area (Å²) in [6.45, 7) is -0.418. The Morgan fingerprint density at radius 1 is 1.21 bits per heavy atom. The average molecular weight is 285 g/mol. The van der Waals surface area contributed by atoms with Gasteiger partial charge in [0, 0.05) is 5.75 Å². The predicted molar refractivity (Wildman–Crippen MR) is 43.1 cm³/mol. The number of thioether (sulfide) groups is 1. The SMILES string of the molecule is O=C([O-])CNC(=S)SCC(=O)[O-].[K+].[K+]. The number of carbonyl (C=O) groups excluding carboxylic acids is 2. The van der Waals surface area contributed by atoms with Crippen molar-refractivity contribution in [3.05, 3.63) is 0 Å². The van der Waals surface area contributed by atoms with Gasteiger partial charge in [-0.05, 0) is 0 Å². The van der Waals surface area contributed by atoms with E-state index in [-0.39, 0.29) is 113 Å². The van der Waals surface area contributed by atoms with Gasteiger partial charge in [0.05, 0.1) is 18.5 Å². The van der Waals surface area contributed by atoms with Crippen molar-refractivity contribution in [2.45, 2.75) is 0 Å². The van der Waals surface area contributed by atoms with Crippen molar-refractivity contribution in [2.75, 3.05) is 12.3 Å². The van der Waals surface area contributed by atoms with Crippen molar-refractivity contribution < 1.29 is 123 Å². The first-order chi connectivity index (χ1) is 5.52. The zero-order chi connectivity index (χ0) is 9.56. The summed E-state index contributed by atoms with van der Waals surface area (Å²) in [7, 11) is 0. The van der Waals surface area contributed by atoms with E-state index in [2.05, 4.69) is 17.5 Å². The van der Waals surface area contributed by atoms with E-state index < -0.39 is 18.5 Å². The van der Waals surface area contributed by atoms with E-state index in [0.29, 0.717) is 0 Å². The Bertz CT molecular complexity index is 194. The van der Waals surface area contributed by atoms with E-state index in [1.165, 1.54) is 0 Å². The number of hydrogen-bond acceptors (Lipinski definition) is 6. The van der Waals surface area contributed by atoms with Gasteiger partial charge in [-0.1, -0.05) is 24.0 Å². The number of aliphatic carboxylic acids is 2. The third-order valence-corrected chi connectivity index (χ3v) is 1.98. The average Bonchev–Trinajstić information content (AvgIpc) is 1.96. The third kappa shape index (κ3) is 16.9. The summed E-state index contributed by atoms with van der Waals surface area (Å²) in [5.41, 5.74) is 0. The molecular weight excluding hydrogens is 280 g/mol. The van der Waals surface area contributed by atoms with Gasteiger partial charge in [0.15, 0.2) is 0 Å². The summed E-state index contributed by atoms with van der Waals surface area (Å²) in [4.78, 5) is 19.8. The van der Waals surface area contributed by atoms with Crippen molar-refractivity contribution in [2.24, 2.45) is 0 Å². The second-order valence-corrected chi connectivity index (χ2v) is 3.33. The molecule has 0 aliphatic rings. The summed E-state index contributed by atoms with van der Waals surface area (Å²) in [6, 6.07) is 0. The summed E-state index contributed by atoms with van der Waals surface area (Å²) in [5, 5.41) is 22.0. The molecule has 0 heterocycles. The van der Waals surface area contributed by atoms with E-state index in [4.69, 9.17) is 0 Å². The largest absolute Gasteiger partial charge is 1.00 e. The molecule has 0 aliphatic carbocycles. The molecule has 0 aromatic carbocycles. The van der Waals surface area contributed by atoms with E-state index in [1.54, 1.807) is 0 Å². The Morgan fingerprint density at radius 2 is 1.71 bits per heavy atom. The second-order valence-electron chi connectivity index (χ2n) is 1.67. The Morgan fingerprint density at radius 3 is 2.07 bits per heavy atom. The first kappa shape index (κ1) is 21.7. The van der Waals surface area contributed by atoms with Crippen LogP contribution in [0, 0.1) is 0 Å². The molecule has 0 bridgehead atoms. The maximum atomic E-state index is 9.89. The fourth-order valence-corrected chi connectivity index (χ4v) is 0.992. The van der Waals surface area contributed by atoms with E-state index in [0.717, 1.165) is 11.8 Å². The summed E-state index contributed by atoms with van der Waals surface area (Å²) in [5.74, 6) is -2.84. The number of carbonyl (C=O) groups is 2. The van der Waals surface area contributed by atoms with Gasteiger partial charge < -0.3 is 25.1 Å². The number of thiocarbonyl (C=S) groups is 1. The molecule has 0 spiro atoms. The number of hydrogen-bond donors (Lipinski definition) is 1. The molecule has 9 heteroatoms. The minimum absolute atomic E-state index is 0. The molecule has 0 aliphatic heterocycles. The third-order valence-electron chi connectivity index (χ3n) is 0.698. The molecule has 1 N–H and O–H groups in total. The maximum Gasteiger partial charge on any atom is 1.00 e. The van der Waals surface area contributed by atoms with Gasteiger partial charge in [-0.25, -0.2) is 0 Å². The summed E-state index contributed by atoms with van der Waals surface area (Å²) < 4.78 is 0.100. The standard InChI is InChI=1S/C5H7NO4S2.2K/c7-3(8)1-6-5(11)12-2-4(9)10;;/h1-2H2,(H,6,11)(H,7,8)(H,9,10);;/q;2*+1/p-2. The molecule has 0 radical (unpaired) electrons. The molecule has 14 heavy (non-hydrogen) atoms. The van der Waals surface area contributed by atoms with Crippen LogP contribution in [0.15, 0.2) is 0 Å². The van der Waals surface area contributed by atoms with Crippen LogP contribution in [0.5, 0.6) is 0 Å². The molecular formula is C5H5K2NO4S2. The molecule has 0 aromatic rings. The zero-order valence-electron chi connectivity index (χ0n) is 7.86. The minimum atomic E-state index is -1.30. The van der Waals surface area contributed by atoms with Gasteiger partial charge in [-0.15, -0.1) is 0 Å². The molecule has 68 valence electrons. The number of carboxylic acid groups (broad SMARTS) is 2. The van der Waals surface area contributed by atoms with Gasteiger partial charge in [0.2, 0.25) is 0 Å². The van der Waals surface area contributed by atoms with Gasteiger partial charge in [-0.2, -0.15) is 0 Å². The summed E-state index contributed by atoms with van der Waals surface area (Å²) >= 11 is 5.35. The summed E-state index contributed by atoms with van der Waals surface area (Å²) in [6.07, 6.45) is 0. The van der Waals surface area contributed by atoms with Crippen LogP contribution in [-0.2, 0) is 9.59 Å². The monoisotopic (exact) mass is 285 g/mol. The van der Waals surface area contributed by atoms with Crippen LogP contribution in [0.4, 0.5) is 0 Å². The quantitative estimate of drug-likeness (QED) is 0.405. The predicted octanol–water partition coefficient (Wildman–Crippen LogP) is -8.90. The van der Waals surface area contributed by atoms with Gasteiger partial charge in [0.1, 0.15) is 4.32 Å². The van der Waals surface area contributed by atoms with E-state index in [9.17, 15) is 19.8 Å². The molecule has 5 nitrogen and oxygen atoms in total. The fraction of sp³-hybridized carbons (Fsp3) is 0.400. The van der Waals surface area contributed by atoms with Crippen molar-refractivity contribution >= 4 is 40.2 Å². The van der Waals surface area contributed by atoms with Crippen molar-refractivity contribution in [1.82, 2.24) is 5.32 Å². The Labute approximate surface area is 176 Å². The first-order valence-electron chi connectivity index (χ1n) is 2.82. The van der Waals surface area contributed by atoms with E-state index in [1.807, 2.05) is 0 Å². The zero-order valence-corrected chi connectivity index (χ0v) is 15.7. The molecule has 0 amide bonds. The molecule has 0 fully saturated rings. The van der Waals surface area contributed by atoms with Crippen molar-refractivity contribution in [1.29, 1.82) is 0 Å². The molecule has 0 aromatic heterocycles. The van der Waals surface area contributed by atoms with Crippen molar-refractivity contribution in [3.63, 3.8) is 0 Å². The molecule has 0 saturated heterocycles. The Balaban J connectivity index is -0.000000605. The van der Waals surface area contributed by atoms with Crippen LogP contribution in [0.3, 0.4) is 0 Å². The van der Waals surface area contributed by atoms with Gasteiger partial charge in [-0.3, -0.25) is 0 Å². The van der Waals surface area contributed by atoms with Crippen LogP contribution in [-0.4, -0.2) is 28.6 Å². The van der Waals surface area contributed by atoms with Crippen LogP contribution < -0.4 is 118 Å².